The zero-order valence-electron chi connectivity index (χ0n) is 71.5. The molecule has 35 nitrogen and oxygen atoms in total. The molecule has 0 radical (unpaired) electrons. The Hall–Kier alpha value is -10.2. The molecule has 15 bridgehead atoms. The van der Waals surface area contributed by atoms with Crippen LogP contribution < -0.4 is 61.3 Å². The Morgan fingerprint density at radius 1 is 0.705 bits per heavy atom. The number of phenols is 3. The molecule has 7 amide bonds. The molecule has 18 atom stereocenters. The number of benzene rings is 6. The molecule has 6 aromatic rings. The van der Waals surface area contributed by atoms with E-state index < -0.39 is 243 Å². The first-order valence-corrected chi connectivity index (χ1v) is 45.9. The van der Waals surface area contributed by atoms with Crippen molar-refractivity contribution in [3.8, 4) is 62.9 Å². The van der Waals surface area contributed by atoms with Crippen LogP contribution in [0.15, 0.2) is 103 Å². The van der Waals surface area contributed by atoms with E-state index in [1.54, 1.807) is 6.92 Å². The quantitative estimate of drug-likeness (QED) is 0.0290. The van der Waals surface area contributed by atoms with E-state index in [2.05, 4.69) is 36.6 Å². The molecule has 0 spiro atoms. The molecule has 4 saturated carbocycles. The number of rotatable bonds is 22. The van der Waals surface area contributed by atoms with Crippen LogP contribution in [-0.4, -0.2) is 200 Å². The predicted octanol–water partition coefficient (Wildman–Crippen LogP) is 7.65. The number of fused-ring (bicyclic) bond motifs is 15. The van der Waals surface area contributed by atoms with Crippen molar-refractivity contribution in [3.05, 3.63) is 141 Å². The number of anilines is 1. The van der Waals surface area contributed by atoms with E-state index in [9.17, 15) is 68.8 Å². The second-order valence-electron chi connectivity index (χ2n) is 35.9. The van der Waals surface area contributed by atoms with E-state index >= 15 is 28.8 Å². The van der Waals surface area contributed by atoms with Gasteiger partial charge in [-0.3, -0.25) is 43.7 Å². The SMILES string of the molecule is CC[C@H](CC(C)C)C(=O)N[C@H]1C(=O)C[C@@H](CC(=O)NC(=O)Nc2ccc(OCCCNS(C)(=O)=O)cc2)C(=O)N[C@H]2C(=O)C[C@H]3C(=O)N[C@H](C(=O)N[C@H](C(=O)CC4C5CC6CC(C5)CC4C6)c4cc(O)cc(O)c4-c4cc3ccc4O)[C@H](O)c3ccc(c(Cl)c3)Oc3cc2cc(c3O[C@@H]2O[C@H](CO)[C@@H](O)[C@H](O)[C@H]2O[C@H]2C[C@](C)(N)[C@H](O)[C@H](C)O2)Oc2ccc(cc2Cl)[C@H]1O. The van der Waals surface area contributed by atoms with Crippen LogP contribution in [0.4, 0.5) is 10.5 Å². The van der Waals surface area contributed by atoms with Crippen molar-refractivity contribution in [1.29, 1.82) is 0 Å². The Labute approximate surface area is 753 Å². The number of halogens is 2. The van der Waals surface area contributed by atoms with E-state index in [4.69, 9.17) is 62.1 Å². The van der Waals surface area contributed by atoms with Gasteiger partial charge in [-0.15, -0.1) is 0 Å². The van der Waals surface area contributed by atoms with E-state index in [1.807, 2.05) is 13.8 Å². The molecule has 4 aliphatic carbocycles. The molecular formula is C91H108Cl2N8O27S. The highest BCUT2D eigenvalue weighted by Gasteiger charge is 2.53. The number of carbonyl (C=O) groups excluding carboxylic acids is 9. The maximum absolute atomic E-state index is 16.8. The van der Waals surface area contributed by atoms with Gasteiger partial charge in [0.05, 0.1) is 53.6 Å². The summed E-state index contributed by atoms with van der Waals surface area (Å²) in [6, 6.07) is 11.4. The van der Waals surface area contributed by atoms with E-state index in [0.717, 1.165) is 74.8 Å². The van der Waals surface area contributed by atoms with Crippen LogP contribution in [0.1, 0.15) is 176 Å². The number of nitrogens with two attached hydrogens (primary N) is 1. The summed E-state index contributed by atoms with van der Waals surface area (Å²) in [5.74, 6) is -16.5. The minimum atomic E-state index is -3.46. The van der Waals surface area contributed by atoms with Gasteiger partial charge in [0.25, 0.3) is 0 Å². The zero-order chi connectivity index (χ0) is 92.7. The van der Waals surface area contributed by atoms with Crippen LogP contribution in [0.5, 0.6) is 51.7 Å². The van der Waals surface area contributed by atoms with E-state index in [0.29, 0.717) is 30.4 Å². The predicted molar refractivity (Wildman–Crippen MR) is 463 cm³/mol. The lowest BCUT2D eigenvalue weighted by molar-refractivity contribution is -0.333. The molecule has 18 N–H and O–H groups in total. The van der Waals surface area contributed by atoms with Crippen LogP contribution in [0.3, 0.4) is 0 Å². The van der Waals surface area contributed by atoms with Crippen LogP contribution >= 0.6 is 23.2 Å². The van der Waals surface area contributed by atoms with E-state index in [1.165, 1.54) is 80.6 Å². The van der Waals surface area contributed by atoms with Crippen LogP contribution in [-0.2, 0) is 62.6 Å². The summed E-state index contributed by atoms with van der Waals surface area (Å²) in [6.07, 6.45) is -14.7. The zero-order valence-corrected chi connectivity index (χ0v) is 73.9. The molecule has 0 aromatic heterocycles. The lowest BCUT2D eigenvalue weighted by Gasteiger charge is -2.54. The summed E-state index contributed by atoms with van der Waals surface area (Å²) in [6.45, 7) is 7.68. The number of aliphatic hydroxyl groups is 6. The second-order valence-corrected chi connectivity index (χ2v) is 38.6. The Morgan fingerprint density at radius 3 is 1.96 bits per heavy atom. The van der Waals surface area contributed by atoms with Crippen LogP contribution in [0, 0.1) is 47.3 Å². The number of sulfonamides is 1. The van der Waals surface area contributed by atoms with Crippen LogP contribution in [0.2, 0.25) is 10.0 Å². The first-order valence-electron chi connectivity index (χ1n) is 43.2. The molecule has 38 heteroatoms. The van der Waals surface area contributed by atoms with Gasteiger partial charge in [0, 0.05) is 73.0 Å². The largest absolute Gasteiger partial charge is 0.508 e. The molecule has 11 aliphatic rings. The number of amides is 7. The monoisotopic (exact) mass is 1850 g/mol. The van der Waals surface area contributed by atoms with Gasteiger partial charge in [0.1, 0.15) is 89.2 Å². The van der Waals surface area contributed by atoms with Crippen molar-refractivity contribution in [2.24, 2.45) is 53.1 Å². The molecule has 129 heavy (non-hydrogen) atoms. The molecule has 7 aliphatic heterocycles. The molecular weight excluding hydrogens is 1740 g/mol. The molecule has 0 unspecified atom stereocenters. The number of urea groups is 1. The Balaban J connectivity index is 0.937. The Bertz CT molecular complexity index is 5370. The van der Waals surface area contributed by atoms with Gasteiger partial charge in [-0.25, -0.2) is 17.9 Å². The molecule has 2 saturated heterocycles. The Morgan fingerprint density at radius 2 is 1.35 bits per heavy atom. The average molecular weight is 1850 g/mol. The topological polar surface area (TPSA) is 545 Å². The average Bonchev–Trinajstić information content (AvgIpc) is 0.760. The summed E-state index contributed by atoms with van der Waals surface area (Å²) < 4.78 is 70.5. The molecule has 694 valence electrons. The van der Waals surface area contributed by atoms with Crippen molar-refractivity contribution >= 4 is 91.8 Å². The Kier molecular flexibility index (Phi) is 29.1. The fourth-order valence-electron chi connectivity index (χ4n) is 19.5. The maximum Gasteiger partial charge on any atom is 0.325 e. The van der Waals surface area contributed by atoms with E-state index in [-0.39, 0.29) is 112 Å². The highest BCUT2D eigenvalue weighted by atomic mass is 35.5. The molecule has 7 heterocycles. The van der Waals surface area contributed by atoms with Gasteiger partial charge in [-0.1, -0.05) is 62.2 Å². The van der Waals surface area contributed by atoms with Crippen molar-refractivity contribution in [2.45, 2.75) is 215 Å². The number of ketones is 3. The number of imide groups is 1. The third-order valence-corrected chi connectivity index (χ3v) is 27.2. The van der Waals surface area contributed by atoms with Gasteiger partial charge in [-0.05, 0) is 207 Å². The first-order chi connectivity index (χ1) is 61.2. The normalized spacial score (nSPS) is 30.0. The molecule has 17 rings (SSSR count). The summed E-state index contributed by atoms with van der Waals surface area (Å²) >= 11 is 14.6. The summed E-state index contributed by atoms with van der Waals surface area (Å²) in [5, 5.41) is 122. The number of phenolic OH excluding ortho intramolecular Hbond substituents is 3. The van der Waals surface area contributed by atoms with Crippen molar-refractivity contribution in [3.63, 3.8) is 0 Å². The summed E-state index contributed by atoms with van der Waals surface area (Å²) in [5.41, 5.74) is 3.49. The number of hydrogen-bond acceptors (Lipinski definition) is 28. The van der Waals surface area contributed by atoms with Gasteiger partial charge < -0.3 is 111 Å². The summed E-state index contributed by atoms with van der Waals surface area (Å²) in [7, 11) is -3.46. The smallest absolute Gasteiger partial charge is 0.325 e. The highest BCUT2D eigenvalue weighted by Crippen LogP contribution is 2.59. The van der Waals surface area contributed by atoms with Gasteiger partial charge in [0.2, 0.25) is 51.6 Å². The highest BCUT2D eigenvalue weighted by molar-refractivity contribution is 7.88. The minimum absolute atomic E-state index is 0.0736. The maximum atomic E-state index is 16.8. The summed E-state index contributed by atoms with van der Waals surface area (Å²) in [4.78, 5) is 140. The van der Waals surface area contributed by atoms with Crippen molar-refractivity contribution in [1.82, 2.24) is 31.3 Å². The van der Waals surface area contributed by atoms with Gasteiger partial charge in [0.15, 0.2) is 41.2 Å². The lowest BCUT2D eigenvalue weighted by atomic mass is 9.51. The third-order valence-electron chi connectivity index (χ3n) is 25.9. The number of carbonyl (C=O) groups is 9. The number of hydrogen-bond donors (Lipinski definition) is 17. The fourth-order valence-corrected chi connectivity index (χ4v) is 20.5. The number of ether oxygens (including phenoxy) is 7. The van der Waals surface area contributed by atoms with Gasteiger partial charge >= 0.3 is 6.03 Å². The number of aliphatic hydroxyl groups excluding tert-OH is 6. The van der Waals surface area contributed by atoms with Crippen molar-refractivity contribution < 1.29 is 131 Å². The standard InChI is InChI=1S/C91H108Cl2N8O27S/c1-7-44(21-40(2)3)85(115)100-76-63(106)30-51(33-71(109)97-90(119)96-52-12-14-54(15-13-52)122-20-8-19-95-129(6,120)121)86(116)98-74-50-31-68(124-66-17-10-46(78(76)110)28-59(66)92)82(128-89-83(81(113)80(112)70(39-102)126-89)127-72-38-91(5,94)84(114)41(4)123-72)69(32-50)125-67-18-11-47(29-60(67)93)79(111)77-88(118)99-75(65(108)36-55-48-23-42-22-43(25-48)26-49(55)24-42)58-34-53(103)35-62(105)73(58)57-27-45(9-16-61(57)104)56(37-64(74)107)87(117)101-77/h9-18,27-29,31-32,34-35,40-44,48-49,51,55-56,70,72,74-81,83-84,89,95,102-105,110-114H,7-8,19-26,30,33,36-39,94H2,1-6H3,(H,98,116)(H,99,118)(H,100,115)(H,101,117)(H2,96,97,109,119)/t41-,42?,43?,44+,48?,49?,51-,55?,56+,70+,72-,74+,75-,76-,77-,78+,79+,80+,81-,83+,84+,89-,91-/m0/s1. The fraction of sp³-hybridized carbons (Fsp3) is 0.505. The third kappa shape index (κ3) is 21.6. The van der Waals surface area contributed by atoms with Gasteiger partial charge in [-0.2, -0.15) is 0 Å². The number of Topliss-reactive ketones (excluding diaryl/α,β-unsaturated/α-hetero) is 3. The molecule has 6 aromatic carbocycles. The lowest BCUT2D eigenvalue weighted by Crippen LogP contribution is -2.64. The first kappa shape index (κ1) is 94.9. The van der Waals surface area contributed by atoms with Crippen molar-refractivity contribution in [2.75, 3.05) is 31.3 Å². The minimum Gasteiger partial charge on any atom is -0.508 e. The molecule has 6 fully saturated rings. The number of aromatic hydroxyl groups is 3. The second kappa shape index (κ2) is 39.5. The van der Waals surface area contributed by atoms with Crippen LogP contribution in [0.25, 0.3) is 11.1 Å². The number of nitrogens with one attached hydrogen (secondary N) is 7.